The highest BCUT2D eigenvalue weighted by Gasteiger charge is 2.24. The van der Waals surface area contributed by atoms with E-state index >= 15 is 0 Å². The molecule has 102 valence electrons. The Balaban J connectivity index is 1.99. The summed E-state index contributed by atoms with van der Waals surface area (Å²) in [6, 6.07) is 15.6. The Morgan fingerprint density at radius 2 is 1.55 bits per heavy atom. The van der Waals surface area contributed by atoms with E-state index in [-0.39, 0.29) is 0 Å². The van der Waals surface area contributed by atoms with Crippen molar-refractivity contribution in [1.82, 2.24) is 0 Å². The SMILES string of the molecule is C=C(C)Oc1cccc(O[P+](=O)Oc2ccccc2)c1. The van der Waals surface area contributed by atoms with Gasteiger partial charge in [0.2, 0.25) is 0 Å². The van der Waals surface area contributed by atoms with Crippen molar-refractivity contribution in [2.75, 3.05) is 0 Å². The standard InChI is InChI=1S/C15H14O4P/c1-12(2)17-14-9-6-10-15(11-14)19-20(16)18-13-7-4-3-5-8-13/h3-11H,1H2,2H3/q+1. The van der Waals surface area contributed by atoms with Crippen LogP contribution in [-0.2, 0) is 4.57 Å². The molecule has 4 nitrogen and oxygen atoms in total. The lowest BCUT2D eigenvalue weighted by molar-refractivity contribution is 0.409. The fourth-order valence-electron chi connectivity index (χ4n) is 1.47. The molecule has 0 spiro atoms. The van der Waals surface area contributed by atoms with Gasteiger partial charge in [-0.15, -0.1) is 0 Å². The first kappa shape index (κ1) is 14.1. The molecule has 0 fully saturated rings. The van der Waals surface area contributed by atoms with E-state index in [1.807, 2.05) is 6.07 Å². The molecule has 0 aliphatic heterocycles. The van der Waals surface area contributed by atoms with Crippen molar-refractivity contribution in [3.8, 4) is 17.2 Å². The van der Waals surface area contributed by atoms with Crippen LogP contribution in [0.1, 0.15) is 6.92 Å². The molecule has 1 atom stereocenters. The molecule has 2 aromatic carbocycles. The average Bonchev–Trinajstić information content (AvgIpc) is 2.39. The van der Waals surface area contributed by atoms with Crippen LogP contribution in [0.2, 0.25) is 0 Å². The zero-order chi connectivity index (χ0) is 14.4. The maximum absolute atomic E-state index is 11.8. The molecule has 1 unspecified atom stereocenters. The lowest BCUT2D eigenvalue weighted by atomic mass is 10.3. The Morgan fingerprint density at radius 3 is 2.25 bits per heavy atom. The molecule has 0 aromatic heterocycles. The fourth-order valence-corrected chi connectivity index (χ4v) is 2.08. The van der Waals surface area contributed by atoms with E-state index in [2.05, 4.69) is 6.58 Å². The van der Waals surface area contributed by atoms with Gasteiger partial charge >= 0.3 is 8.25 Å². The van der Waals surface area contributed by atoms with Gasteiger partial charge < -0.3 is 4.74 Å². The van der Waals surface area contributed by atoms with E-state index in [1.165, 1.54) is 0 Å². The number of hydrogen-bond acceptors (Lipinski definition) is 4. The Hall–Kier alpha value is -2.32. The third-order valence-electron chi connectivity index (χ3n) is 2.20. The molecule has 0 radical (unpaired) electrons. The number of rotatable bonds is 6. The Bertz CT molecular complexity index is 610. The van der Waals surface area contributed by atoms with E-state index < -0.39 is 8.25 Å². The van der Waals surface area contributed by atoms with Crippen LogP contribution < -0.4 is 13.8 Å². The summed E-state index contributed by atoms with van der Waals surface area (Å²) in [5, 5.41) is 0. The summed E-state index contributed by atoms with van der Waals surface area (Å²) in [6.07, 6.45) is 0. The highest BCUT2D eigenvalue weighted by Crippen LogP contribution is 2.32. The molecule has 0 heterocycles. The minimum absolute atomic E-state index is 0.404. The first-order valence-corrected chi connectivity index (χ1v) is 7.05. The van der Waals surface area contributed by atoms with Crippen LogP contribution in [0.5, 0.6) is 17.2 Å². The van der Waals surface area contributed by atoms with Gasteiger partial charge in [-0.2, -0.15) is 0 Å². The van der Waals surface area contributed by atoms with Gasteiger partial charge in [0.05, 0.1) is 5.76 Å². The minimum Gasteiger partial charge on any atom is -0.463 e. The van der Waals surface area contributed by atoms with Crippen LogP contribution in [0.3, 0.4) is 0 Å². The summed E-state index contributed by atoms with van der Waals surface area (Å²) < 4.78 is 27.5. The molecule has 0 saturated carbocycles. The molecule has 0 aliphatic carbocycles. The predicted molar refractivity (Wildman–Crippen MR) is 77.2 cm³/mol. The summed E-state index contributed by atoms with van der Waals surface area (Å²) in [6.45, 7) is 5.39. The van der Waals surface area contributed by atoms with Gasteiger partial charge in [0.1, 0.15) is 5.75 Å². The van der Waals surface area contributed by atoms with Crippen molar-refractivity contribution < 1.29 is 18.3 Å². The van der Waals surface area contributed by atoms with Crippen molar-refractivity contribution in [2.45, 2.75) is 6.92 Å². The molecule has 2 aromatic rings. The van der Waals surface area contributed by atoms with E-state index in [9.17, 15) is 4.57 Å². The van der Waals surface area contributed by atoms with Crippen molar-refractivity contribution >= 4 is 8.25 Å². The van der Waals surface area contributed by atoms with Crippen molar-refractivity contribution in [3.63, 3.8) is 0 Å². The fraction of sp³-hybridized carbons (Fsp3) is 0.0667. The molecule has 2 rings (SSSR count). The van der Waals surface area contributed by atoms with Gasteiger partial charge in [-0.3, -0.25) is 0 Å². The summed E-state index contributed by atoms with van der Waals surface area (Å²) in [4.78, 5) is 0. The monoisotopic (exact) mass is 289 g/mol. The summed E-state index contributed by atoms with van der Waals surface area (Å²) >= 11 is 0. The number of ether oxygens (including phenoxy) is 1. The van der Waals surface area contributed by atoms with Crippen LogP contribution in [0.25, 0.3) is 0 Å². The van der Waals surface area contributed by atoms with Crippen molar-refractivity contribution in [3.05, 3.63) is 66.9 Å². The zero-order valence-corrected chi connectivity index (χ0v) is 11.9. The third kappa shape index (κ3) is 4.41. The summed E-state index contributed by atoms with van der Waals surface area (Å²) in [7, 11) is -2.29. The Kier molecular flexibility index (Phi) is 4.75. The van der Waals surface area contributed by atoms with Crippen LogP contribution in [0, 0.1) is 0 Å². The normalized spacial score (nSPS) is 10.6. The number of hydrogen-bond donors (Lipinski definition) is 0. The van der Waals surface area contributed by atoms with Gasteiger partial charge in [-0.1, -0.05) is 30.8 Å². The van der Waals surface area contributed by atoms with E-state index in [1.54, 1.807) is 55.5 Å². The van der Waals surface area contributed by atoms with E-state index in [0.29, 0.717) is 23.0 Å². The van der Waals surface area contributed by atoms with E-state index in [4.69, 9.17) is 13.8 Å². The van der Waals surface area contributed by atoms with Gasteiger partial charge in [0, 0.05) is 10.6 Å². The van der Waals surface area contributed by atoms with Crippen molar-refractivity contribution in [2.24, 2.45) is 0 Å². The second-order valence-corrected chi connectivity index (χ2v) is 4.81. The molecule has 0 N–H and O–H groups in total. The quantitative estimate of drug-likeness (QED) is 0.570. The molecule has 0 amide bonds. The number of para-hydroxylation sites is 1. The first-order chi connectivity index (χ1) is 9.63. The average molecular weight is 289 g/mol. The van der Waals surface area contributed by atoms with E-state index in [0.717, 1.165) is 0 Å². The number of allylic oxidation sites excluding steroid dienone is 1. The van der Waals surface area contributed by atoms with Crippen molar-refractivity contribution in [1.29, 1.82) is 0 Å². The molecule has 5 heteroatoms. The van der Waals surface area contributed by atoms with Crippen LogP contribution in [0.4, 0.5) is 0 Å². The second-order valence-electron chi connectivity index (χ2n) is 4.00. The summed E-state index contributed by atoms with van der Waals surface area (Å²) in [5.74, 6) is 2.02. The van der Waals surface area contributed by atoms with Gasteiger partial charge in [-0.05, 0) is 31.2 Å². The molecular weight excluding hydrogens is 275 g/mol. The predicted octanol–water partition coefficient (Wildman–Crippen LogP) is 4.71. The molecule has 20 heavy (non-hydrogen) atoms. The lowest BCUT2D eigenvalue weighted by Gasteiger charge is -2.03. The van der Waals surface area contributed by atoms with Gasteiger partial charge in [0.15, 0.2) is 11.5 Å². The Labute approximate surface area is 118 Å². The van der Waals surface area contributed by atoms with Crippen LogP contribution in [-0.4, -0.2) is 0 Å². The minimum atomic E-state index is -2.29. The smallest absolute Gasteiger partial charge is 0.463 e. The van der Waals surface area contributed by atoms with Crippen LogP contribution >= 0.6 is 8.25 Å². The highest BCUT2D eigenvalue weighted by molar-refractivity contribution is 7.34. The largest absolute Gasteiger partial charge is 0.805 e. The molecule has 0 aliphatic rings. The molecule has 0 bridgehead atoms. The van der Waals surface area contributed by atoms with Gasteiger partial charge in [-0.25, -0.2) is 9.05 Å². The highest BCUT2D eigenvalue weighted by atomic mass is 31.1. The number of benzene rings is 2. The summed E-state index contributed by atoms with van der Waals surface area (Å²) in [5.41, 5.74) is 0. The van der Waals surface area contributed by atoms with Gasteiger partial charge in [0.25, 0.3) is 0 Å². The topological polar surface area (TPSA) is 44.8 Å². The van der Waals surface area contributed by atoms with Crippen LogP contribution in [0.15, 0.2) is 66.9 Å². The second kappa shape index (κ2) is 6.73. The maximum Gasteiger partial charge on any atom is 0.805 e. The zero-order valence-electron chi connectivity index (χ0n) is 11.0. The molecule has 0 saturated heterocycles. The third-order valence-corrected chi connectivity index (χ3v) is 2.92. The molecular formula is C15H14O4P+. The maximum atomic E-state index is 11.8. The lowest BCUT2D eigenvalue weighted by Crippen LogP contribution is -1.91. The Morgan fingerprint density at radius 1 is 0.950 bits per heavy atom. The first-order valence-electron chi connectivity index (χ1n) is 5.95.